The summed E-state index contributed by atoms with van der Waals surface area (Å²) >= 11 is 3.19. The number of anilines is 1. The molecule has 4 nitrogen and oxygen atoms in total. The topological polar surface area (TPSA) is 45.2 Å². The minimum Gasteiger partial charge on any atom is -0.371 e. The number of carbonyl (C=O) groups excluding carboxylic acids is 1. The zero-order chi connectivity index (χ0) is 18.6. The molecule has 2 atom stereocenters. The van der Waals surface area contributed by atoms with E-state index in [1.165, 1.54) is 10.4 Å². The van der Waals surface area contributed by atoms with Crippen LogP contribution in [-0.2, 0) is 4.79 Å². The van der Waals surface area contributed by atoms with Gasteiger partial charge >= 0.3 is 0 Å². The van der Waals surface area contributed by atoms with Crippen LogP contribution in [0, 0.1) is 5.92 Å². The average Bonchev–Trinajstić information content (AvgIpc) is 3.33. The number of fused-ring (bicyclic) bond motifs is 1. The summed E-state index contributed by atoms with van der Waals surface area (Å²) in [5.74, 6) is 0.603. The Hall–Kier alpha value is -2.05. The van der Waals surface area contributed by atoms with Crippen LogP contribution in [0.2, 0.25) is 0 Å². The molecule has 0 aliphatic carbocycles. The molecule has 1 aromatic heterocycles. The lowest BCUT2D eigenvalue weighted by molar-refractivity contribution is -0.120. The Morgan fingerprint density at radius 2 is 2.04 bits per heavy atom. The van der Waals surface area contributed by atoms with Gasteiger partial charge in [0.2, 0.25) is 5.91 Å². The second-order valence-corrected chi connectivity index (χ2v) is 9.51. The number of hydrogen-bond acceptors (Lipinski definition) is 5. The highest BCUT2D eigenvalue weighted by atomic mass is 32.2. The van der Waals surface area contributed by atoms with Gasteiger partial charge in [0.25, 0.3) is 0 Å². The smallest absolute Gasteiger partial charge is 0.233 e. The van der Waals surface area contributed by atoms with Gasteiger partial charge in [0.15, 0.2) is 4.34 Å². The van der Waals surface area contributed by atoms with Crippen molar-refractivity contribution in [2.24, 2.45) is 5.92 Å². The first kappa shape index (κ1) is 18.3. The molecule has 0 spiro atoms. The molecule has 3 aromatic rings. The van der Waals surface area contributed by atoms with Crippen LogP contribution in [0.25, 0.3) is 10.2 Å². The van der Waals surface area contributed by atoms with Gasteiger partial charge in [-0.3, -0.25) is 4.79 Å². The Labute approximate surface area is 168 Å². The minimum atomic E-state index is -0.141. The largest absolute Gasteiger partial charge is 0.371 e. The molecule has 1 aliphatic heterocycles. The normalized spacial score (nSPS) is 18.0. The first-order valence-electron chi connectivity index (χ1n) is 9.29. The van der Waals surface area contributed by atoms with Crippen LogP contribution in [0.5, 0.6) is 0 Å². The fourth-order valence-electron chi connectivity index (χ4n) is 3.37. The Morgan fingerprint density at radius 3 is 2.85 bits per heavy atom. The number of para-hydroxylation sites is 2. The molecule has 0 bridgehead atoms. The van der Waals surface area contributed by atoms with E-state index in [2.05, 4.69) is 45.5 Å². The molecule has 1 N–H and O–H groups in total. The van der Waals surface area contributed by atoms with Crippen molar-refractivity contribution in [2.45, 2.75) is 22.9 Å². The average molecular weight is 398 g/mol. The highest BCUT2D eigenvalue weighted by molar-refractivity contribution is 8.02. The lowest BCUT2D eigenvalue weighted by Crippen LogP contribution is -2.35. The van der Waals surface area contributed by atoms with E-state index in [-0.39, 0.29) is 11.2 Å². The number of carbonyl (C=O) groups is 1. The number of amides is 1. The monoisotopic (exact) mass is 397 g/mol. The third-order valence-corrected chi connectivity index (χ3v) is 7.12. The summed E-state index contributed by atoms with van der Waals surface area (Å²) in [6.45, 7) is 4.76. The summed E-state index contributed by atoms with van der Waals surface area (Å²) in [5.41, 5.74) is 2.27. The summed E-state index contributed by atoms with van der Waals surface area (Å²) in [5, 5.41) is 3.00. The number of benzene rings is 2. The molecule has 1 aliphatic rings. The maximum Gasteiger partial charge on any atom is 0.233 e. The van der Waals surface area contributed by atoms with Crippen molar-refractivity contribution in [2.75, 3.05) is 24.5 Å². The van der Waals surface area contributed by atoms with Gasteiger partial charge in [0, 0.05) is 25.3 Å². The van der Waals surface area contributed by atoms with Gasteiger partial charge in [-0.15, -0.1) is 11.3 Å². The van der Waals surface area contributed by atoms with Crippen LogP contribution in [-0.4, -0.2) is 35.8 Å². The minimum absolute atomic E-state index is 0.0948. The molecule has 27 heavy (non-hydrogen) atoms. The zero-order valence-electron chi connectivity index (χ0n) is 15.3. The van der Waals surface area contributed by atoms with E-state index >= 15 is 0 Å². The van der Waals surface area contributed by atoms with E-state index in [9.17, 15) is 4.79 Å². The van der Waals surface area contributed by atoms with Crippen molar-refractivity contribution in [1.29, 1.82) is 0 Å². The van der Waals surface area contributed by atoms with Gasteiger partial charge in [-0.05, 0) is 43.5 Å². The summed E-state index contributed by atoms with van der Waals surface area (Å²) < 4.78 is 2.12. The van der Waals surface area contributed by atoms with E-state index in [4.69, 9.17) is 0 Å². The van der Waals surface area contributed by atoms with Crippen LogP contribution in [0.3, 0.4) is 0 Å². The molecule has 1 fully saturated rings. The first-order chi connectivity index (χ1) is 13.2. The predicted molar refractivity (Wildman–Crippen MR) is 115 cm³/mol. The van der Waals surface area contributed by atoms with Crippen LogP contribution in [0.1, 0.15) is 13.3 Å². The molecular weight excluding hydrogens is 374 g/mol. The van der Waals surface area contributed by atoms with Crippen molar-refractivity contribution in [3.05, 3.63) is 54.6 Å². The lowest BCUT2D eigenvalue weighted by atomic mass is 10.1. The summed E-state index contributed by atoms with van der Waals surface area (Å²) in [4.78, 5) is 19.5. The molecule has 0 saturated carbocycles. The second kappa shape index (κ2) is 8.31. The van der Waals surface area contributed by atoms with E-state index < -0.39 is 0 Å². The van der Waals surface area contributed by atoms with Crippen molar-refractivity contribution in [1.82, 2.24) is 10.3 Å². The third kappa shape index (κ3) is 4.45. The van der Waals surface area contributed by atoms with Crippen molar-refractivity contribution in [3.8, 4) is 0 Å². The van der Waals surface area contributed by atoms with Gasteiger partial charge in [0.1, 0.15) is 0 Å². The molecule has 2 aromatic carbocycles. The number of nitrogens with one attached hydrogen (secondary N) is 1. The van der Waals surface area contributed by atoms with Gasteiger partial charge < -0.3 is 10.2 Å². The quantitative estimate of drug-likeness (QED) is 0.626. The number of rotatable bonds is 6. The highest BCUT2D eigenvalue weighted by Crippen LogP contribution is 2.32. The maximum atomic E-state index is 12.5. The van der Waals surface area contributed by atoms with Gasteiger partial charge in [-0.2, -0.15) is 0 Å². The van der Waals surface area contributed by atoms with Gasteiger partial charge in [-0.1, -0.05) is 42.1 Å². The SMILES string of the molecule is C[C@@H](Sc1nc2ccccc2s1)C(=O)NC[C@H]1CCN(c2ccccc2)C1. The van der Waals surface area contributed by atoms with Crippen LogP contribution < -0.4 is 10.2 Å². The molecule has 0 unspecified atom stereocenters. The zero-order valence-corrected chi connectivity index (χ0v) is 16.9. The third-order valence-electron chi connectivity index (χ3n) is 4.89. The van der Waals surface area contributed by atoms with Crippen molar-refractivity contribution >= 4 is 44.9 Å². The summed E-state index contributed by atoms with van der Waals surface area (Å²) in [7, 11) is 0. The molecule has 6 heteroatoms. The fraction of sp³-hybridized carbons (Fsp3) is 0.333. The predicted octanol–water partition coefficient (Wildman–Crippen LogP) is 4.42. The van der Waals surface area contributed by atoms with Gasteiger partial charge in [0.05, 0.1) is 15.5 Å². The maximum absolute atomic E-state index is 12.5. The molecule has 140 valence electrons. The molecule has 0 radical (unpaired) electrons. The number of hydrogen-bond donors (Lipinski definition) is 1. The van der Waals surface area contributed by atoms with E-state index in [0.29, 0.717) is 5.92 Å². The number of nitrogens with zero attached hydrogens (tertiary/aromatic N) is 2. The lowest BCUT2D eigenvalue weighted by Gasteiger charge is -2.19. The van der Waals surface area contributed by atoms with Crippen LogP contribution in [0.4, 0.5) is 5.69 Å². The Kier molecular flexibility index (Phi) is 5.64. The van der Waals surface area contributed by atoms with Crippen molar-refractivity contribution < 1.29 is 4.79 Å². The second-order valence-electron chi connectivity index (χ2n) is 6.89. The number of thiazole rings is 1. The number of thioether (sulfide) groups is 1. The van der Waals surface area contributed by atoms with Crippen LogP contribution >= 0.6 is 23.1 Å². The highest BCUT2D eigenvalue weighted by Gasteiger charge is 2.24. The summed E-state index contributed by atoms with van der Waals surface area (Å²) in [6.07, 6.45) is 1.12. The van der Waals surface area contributed by atoms with E-state index in [0.717, 1.165) is 35.9 Å². The van der Waals surface area contributed by atoms with E-state index in [1.54, 1.807) is 23.1 Å². The molecule has 2 heterocycles. The molecular formula is C21H23N3OS2. The Morgan fingerprint density at radius 1 is 1.26 bits per heavy atom. The standard InChI is InChI=1S/C21H23N3OS2/c1-15(26-21-23-18-9-5-6-10-19(18)27-21)20(25)22-13-16-11-12-24(14-16)17-7-3-2-4-8-17/h2-10,15-16H,11-14H2,1H3,(H,22,25)/t15-,16-/m1/s1. The molecule has 1 amide bonds. The fourth-order valence-corrected chi connectivity index (χ4v) is 5.60. The van der Waals surface area contributed by atoms with Crippen molar-refractivity contribution in [3.63, 3.8) is 0 Å². The van der Waals surface area contributed by atoms with Crippen LogP contribution in [0.15, 0.2) is 58.9 Å². The Balaban J connectivity index is 1.26. The van der Waals surface area contributed by atoms with Gasteiger partial charge in [-0.25, -0.2) is 4.98 Å². The molecule has 4 rings (SSSR count). The molecule has 1 saturated heterocycles. The first-order valence-corrected chi connectivity index (χ1v) is 11.0. The number of aromatic nitrogens is 1. The summed E-state index contributed by atoms with van der Waals surface area (Å²) in [6, 6.07) is 18.6. The Bertz CT molecular complexity index is 879. The van der Waals surface area contributed by atoms with E-state index in [1.807, 2.05) is 31.2 Å².